The first-order valence-electron chi connectivity index (χ1n) is 7.68. The maximum absolute atomic E-state index is 11.6. The van der Waals surface area contributed by atoms with Gasteiger partial charge in [-0.15, -0.1) is 12.4 Å². The number of amides is 1. The van der Waals surface area contributed by atoms with Crippen LogP contribution in [0.1, 0.15) is 44.6 Å². The second-order valence-corrected chi connectivity index (χ2v) is 5.31. The quantitative estimate of drug-likeness (QED) is 0.561. The molecular formula is C18H24ClNO2. The van der Waals surface area contributed by atoms with Crippen molar-refractivity contribution in [1.82, 2.24) is 5.48 Å². The lowest BCUT2D eigenvalue weighted by Crippen LogP contribution is -2.23. The summed E-state index contributed by atoms with van der Waals surface area (Å²) in [6.45, 7) is 2.55. The molecule has 1 N–H and O–H groups in total. The molecule has 3 nitrogen and oxygen atoms in total. The molecule has 0 heterocycles. The van der Waals surface area contributed by atoms with Crippen LogP contribution >= 0.6 is 12.4 Å². The van der Waals surface area contributed by atoms with Crippen LogP contribution in [0.4, 0.5) is 0 Å². The van der Waals surface area contributed by atoms with Crippen molar-refractivity contribution < 1.29 is 9.63 Å². The van der Waals surface area contributed by atoms with E-state index < -0.39 is 0 Å². The van der Waals surface area contributed by atoms with E-state index in [1.165, 1.54) is 23.6 Å². The molecule has 0 saturated carbocycles. The zero-order valence-corrected chi connectivity index (χ0v) is 13.8. The molecule has 1 amide bonds. The summed E-state index contributed by atoms with van der Waals surface area (Å²) in [6, 6.07) is 14.4. The zero-order chi connectivity index (χ0) is 14.9. The predicted molar refractivity (Wildman–Crippen MR) is 92.9 cm³/mol. The van der Waals surface area contributed by atoms with Gasteiger partial charge in [-0.05, 0) is 28.8 Å². The van der Waals surface area contributed by atoms with Gasteiger partial charge in [-0.1, -0.05) is 62.6 Å². The van der Waals surface area contributed by atoms with E-state index in [4.69, 9.17) is 4.84 Å². The molecule has 120 valence electrons. The monoisotopic (exact) mass is 321 g/mol. The summed E-state index contributed by atoms with van der Waals surface area (Å²) in [5.41, 5.74) is 3.57. The molecule has 0 radical (unpaired) electrons. The standard InChI is InChI=1S/C18H23NO2.ClH/c1-2-3-4-5-10-18(20)19-21-14-15-11-12-16-8-6-7-9-17(16)13-15;/h6-9,11-13H,2-5,10,14H2,1H3,(H,19,20);1H. The van der Waals surface area contributed by atoms with Gasteiger partial charge in [0.2, 0.25) is 5.91 Å². The minimum absolute atomic E-state index is 0. The van der Waals surface area contributed by atoms with Crippen LogP contribution in [0.3, 0.4) is 0 Å². The Labute approximate surface area is 138 Å². The van der Waals surface area contributed by atoms with Crippen molar-refractivity contribution >= 4 is 29.1 Å². The first kappa shape index (κ1) is 18.5. The highest BCUT2D eigenvalue weighted by atomic mass is 35.5. The topological polar surface area (TPSA) is 38.3 Å². The van der Waals surface area contributed by atoms with Gasteiger partial charge < -0.3 is 0 Å². The smallest absolute Gasteiger partial charge is 0.243 e. The maximum atomic E-state index is 11.6. The second-order valence-electron chi connectivity index (χ2n) is 5.31. The fraction of sp³-hybridized carbons (Fsp3) is 0.389. The summed E-state index contributed by atoms with van der Waals surface area (Å²) in [5, 5.41) is 2.39. The fourth-order valence-corrected chi connectivity index (χ4v) is 2.29. The Hall–Kier alpha value is -1.58. The van der Waals surface area contributed by atoms with Gasteiger partial charge in [0.15, 0.2) is 0 Å². The summed E-state index contributed by atoms with van der Waals surface area (Å²) in [7, 11) is 0. The molecule has 0 bridgehead atoms. The van der Waals surface area contributed by atoms with E-state index in [1.807, 2.05) is 18.2 Å². The second kappa shape index (κ2) is 10.2. The highest BCUT2D eigenvalue weighted by Crippen LogP contribution is 2.15. The van der Waals surface area contributed by atoms with Crippen molar-refractivity contribution in [3.63, 3.8) is 0 Å². The van der Waals surface area contributed by atoms with E-state index in [9.17, 15) is 4.79 Å². The number of nitrogens with one attached hydrogen (secondary N) is 1. The number of rotatable bonds is 8. The van der Waals surface area contributed by atoms with Gasteiger partial charge in [0.1, 0.15) is 0 Å². The number of hydrogen-bond donors (Lipinski definition) is 1. The molecule has 0 unspecified atom stereocenters. The van der Waals surface area contributed by atoms with Crippen LogP contribution in [0.15, 0.2) is 42.5 Å². The van der Waals surface area contributed by atoms with Crippen LogP contribution in [-0.2, 0) is 16.2 Å². The van der Waals surface area contributed by atoms with Crippen molar-refractivity contribution in [2.24, 2.45) is 0 Å². The van der Waals surface area contributed by atoms with Crippen LogP contribution < -0.4 is 5.48 Å². The molecule has 0 aromatic heterocycles. The summed E-state index contributed by atoms with van der Waals surface area (Å²) < 4.78 is 0. The first-order valence-corrected chi connectivity index (χ1v) is 7.68. The van der Waals surface area contributed by atoms with E-state index in [2.05, 4.69) is 36.7 Å². The van der Waals surface area contributed by atoms with Gasteiger partial charge in [0.25, 0.3) is 0 Å². The highest BCUT2D eigenvalue weighted by molar-refractivity contribution is 5.85. The molecule has 2 rings (SSSR count). The lowest BCUT2D eigenvalue weighted by atomic mass is 10.1. The van der Waals surface area contributed by atoms with E-state index in [1.54, 1.807) is 0 Å². The zero-order valence-electron chi connectivity index (χ0n) is 13.0. The van der Waals surface area contributed by atoms with Crippen LogP contribution in [0.2, 0.25) is 0 Å². The van der Waals surface area contributed by atoms with Gasteiger partial charge in [-0.25, -0.2) is 5.48 Å². The number of hydroxylamine groups is 1. The number of carbonyl (C=O) groups excluding carboxylic acids is 1. The number of hydrogen-bond acceptors (Lipinski definition) is 2. The Bertz CT molecular complexity index is 586. The van der Waals surface area contributed by atoms with Crippen LogP contribution in [0.25, 0.3) is 10.8 Å². The molecule has 0 aliphatic rings. The normalized spacial score (nSPS) is 10.2. The minimum Gasteiger partial charge on any atom is -0.273 e. The van der Waals surface area contributed by atoms with E-state index in [0.717, 1.165) is 18.4 Å². The molecule has 0 fully saturated rings. The lowest BCUT2D eigenvalue weighted by Gasteiger charge is -2.07. The Balaban J connectivity index is 0.00000242. The van der Waals surface area contributed by atoms with Crippen molar-refractivity contribution in [3.8, 4) is 0 Å². The molecule has 0 atom stereocenters. The third kappa shape index (κ3) is 6.04. The largest absolute Gasteiger partial charge is 0.273 e. The van der Waals surface area contributed by atoms with Crippen LogP contribution in [-0.4, -0.2) is 5.91 Å². The molecule has 4 heteroatoms. The number of halogens is 1. The summed E-state index contributed by atoms with van der Waals surface area (Å²) in [4.78, 5) is 16.9. The molecule has 0 aliphatic carbocycles. The van der Waals surface area contributed by atoms with Crippen molar-refractivity contribution in [1.29, 1.82) is 0 Å². The number of fused-ring (bicyclic) bond motifs is 1. The van der Waals surface area contributed by atoms with Crippen LogP contribution in [0, 0.1) is 0 Å². The fourth-order valence-electron chi connectivity index (χ4n) is 2.29. The van der Waals surface area contributed by atoms with Gasteiger partial charge in [0, 0.05) is 6.42 Å². The maximum Gasteiger partial charge on any atom is 0.243 e. The Morgan fingerprint density at radius 2 is 1.82 bits per heavy atom. The number of carbonyl (C=O) groups is 1. The Morgan fingerprint density at radius 1 is 1.05 bits per heavy atom. The molecule has 0 spiro atoms. The summed E-state index contributed by atoms with van der Waals surface area (Å²) >= 11 is 0. The average molecular weight is 322 g/mol. The van der Waals surface area contributed by atoms with Gasteiger partial charge in [0.05, 0.1) is 6.61 Å². The molecule has 0 saturated heterocycles. The SMILES string of the molecule is CCCCCCC(=O)NOCc1ccc2ccccc2c1.Cl. The number of benzene rings is 2. The molecule has 22 heavy (non-hydrogen) atoms. The first-order chi connectivity index (χ1) is 10.3. The summed E-state index contributed by atoms with van der Waals surface area (Å²) in [6.07, 6.45) is 4.94. The molecular weight excluding hydrogens is 298 g/mol. The molecule has 2 aromatic rings. The Kier molecular flexibility index (Phi) is 8.56. The van der Waals surface area contributed by atoms with Gasteiger partial charge in [-0.3, -0.25) is 9.63 Å². The van der Waals surface area contributed by atoms with E-state index in [-0.39, 0.29) is 18.3 Å². The Morgan fingerprint density at radius 3 is 2.59 bits per heavy atom. The molecule has 2 aromatic carbocycles. The third-order valence-electron chi connectivity index (χ3n) is 3.50. The predicted octanol–water partition coefficient (Wildman–Crippen LogP) is 4.78. The summed E-state index contributed by atoms with van der Waals surface area (Å²) in [5.74, 6) is -0.0353. The van der Waals surface area contributed by atoms with Gasteiger partial charge >= 0.3 is 0 Å². The minimum atomic E-state index is -0.0353. The lowest BCUT2D eigenvalue weighted by molar-refractivity contribution is -0.134. The van der Waals surface area contributed by atoms with Crippen LogP contribution in [0.5, 0.6) is 0 Å². The molecule has 0 aliphatic heterocycles. The van der Waals surface area contributed by atoms with E-state index >= 15 is 0 Å². The number of unbranched alkanes of at least 4 members (excludes halogenated alkanes) is 3. The van der Waals surface area contributed by atoms with Crippen molar-refractivity contribution in [3.05, 3.63) is 48.0 Å². The van der Waals surface area contributed by atoms with E-state index in [0.29, 0.717) is 13.0 Å². The van der Waals surface area contributed by atoms with Gasteiger partial charge in [-0.2, -0.15) is 0 Å². The highest BCUT2D eigenvalue weighted by Gasteiger charge is 2.02. The van der Waals surface area contributed by atoms with Crippen molar-refractivity contribution in [2.75, 3.05) is 0 Å². The van der Waals surface area contributed by atoms with Crippen molar-refractivity contribution in [2.45, 2.75) is 45.6 Å². The average Bonchev–Trinajstić information content (AvgIpc) is 2.51. The third-order valence-corrected chi connectivity index (χ3v) is 3.50.